The molecule has 19 heavy (non-hydrogen) atoms. The minimum atomic E-state index is -4.14. The Hall–Kier alpha value is -1.59. The van der Waals surface area contributed by atoms with E-state index in [4.69, 9.17) is 0 Å². The second kappa shape index (κ2) is 4.21. The number of pyridine rings is 1. The number of aromatic nitrogens is 1. The number of hydrogen-bond acceptors (Lipinski definition) is 2. The van der Waals surface area contributed by atoms with Crippen LogP contribution in [0.1, 0.15) is 29.8 Å². The third-order valence-corrected chi connectivity index (χ3v) is 4.03. The van der Waals surface area contributed by atoms with Gasteiger partial charge in [0.15, 0.2) is 0 Å². The van der Waals surface area contributed by atoms with E-state index in [1.165, 1.54) is 6.20 Å². The highest BCUT2D eigenvalue weighted by molar-refractivity contribution is 5.93. The normalized spacial score (nSPS) is 29.8. The first-order valence-electron chi connectivity index (χ1n) is 6.27. The van der Waals surface area contributed by atoms with E-state index in [0.29, 0.717) is 12.1 Å². The largest absolute Gasteiger partial charge is 0.391 e. The molecule has 2 aliphatic heterocycles. The number of alkyl halides is 3. The van der Waals surface area contributed by atoms with Gasteiger partial charge in [-0.3, -0.25) is 9.78 Å². The molecular formula is C13H13F3N2O. The summed E-state index contributed by atoms with van der Waals surface area (Å²) in [5.41, 5.74) is 0.308. The molecule has 2 aliphatic rings. The van der Waals surface area contributed by atoms with Crippen LogP contribution in [-0.4, -0.2) is 34.1 Å². The smallest absolute Gasteiger partial charge is 0.331 e. The fourth-order valence-corrected chi connectivity index (χ4v) is 3.09. The zero-order valence-electron chi connectivity index (χ0n) is 10.1. The Labute approximate surface area is 108 Å². The van der Waals surface area contributed by atoms with Crippen LogP contribution in [0.4, 0.5) is 13.2 Å². The summed E-state index contributed by atoms with van der Waals surface area (Å²) in [7, 11) is 0. The lowest BCUT2D eigenvalue weighted by atomic mass is 9.73. The molecule has 3 rings (SSSR count). The molecule has 0 saturated carbocycles. The number of amides is 1. The summed E-state index contributed by atoms with van der Waals surface area (Å²) in [6.45, 7) is 0. The maximum Gasteiger partial charge on any atom is 0.391 e. The minimum Gasteiger partial charge on any atom is -0.331 e. The number of rotatable bonds is 1. The third-order valence-electron chi connectivity index (χ3n) is 4.03. The predicted octanol–water partition coefficient (Wildman–Crippen LogP) is 2.64. The molecule has 0 aliphatic carbocycles. The standard InChI is InChI=1S/C13H13F3N2O/c14-13(15,16)8-5-9-7-10(6-8)18(9)12(19)11-3-1-2-4-17-11/h1-4,8-10H,5-7H2/t8?,9-,10+. The molecule has 1 amide bonds. The Balaban J connectivity index is 1.72. The zero-order valence-corrected chi connectivity index (χ0v) is 10.1. The molecule has 1 aromatic rings. The molecule has 102 valence electrons. The van der Waals surface area contributed by atoms with Gasteiger partial charge in [-0.05, 0) is 31.4 Å². The molecule has 1 unspecified atom stereocenters. The maximum atomic E-state index is 12.7. The summed E-state index contributed by atoms with van der Waals surface area (Å²) >= 11 is 0. The van der Waals surface area contributed by atoms with Gasteiger partial charge in [-0.1, -0.05) is 6.07 Å². The first kappa shape index (κ1) is 12.4. The van der Waals surface area contributed by atoms with E-state index in [9.17, 15) is 18.0 Å². The Kier molecular flexibility index (Phi) is 2.76. The number of nitrogens with zero attached hydrogens (tertiary/aromatic N) is 2. The lowest BCUT2D eigenvalue weighted by molar-refractivity contribution is -0.206. The Morgan fingerprint density at radius 2 is 1.89 bits per heavy atom. The first-order valence-corrected chi connectivity index (χ1v) is 6.27. The number of piperidine rings is 1. The van der Waals surface area contributed by atoms with Crippen LogP contribution in [0.2, 0.25) is 0 Å². The van der Waals surface area contributed by atoms with Crippen molar-refractivity contribution in [1.82, 2.24) is 9.88 Å². The van der Waals surface area contributed by atoms with Gasteiger partial charge in [-0.15, -0.1) is 0 Å². The van der Waals surface area contributed by atoms with E-state index in [1.807, 2.05) is 0 Å². The number of carbonyl (C=O) groups is 1. The van der Waals surface area contributed by atoms with Gasteiger partial charge in [0.2, 0.25) is 0 Å². The number of halogens is 3. The van der Waals surface area contributed by atoms with Gasteiger partial charge in [-0.2, -0.15) is 13.2 Å². The van der Waals surface area contributed by atoms with Crippen molar-refractivity contribution in [2.24, 2.45) is 5.92 Å². The average molecular weight is 270 g/mol. The van der Waals surface area contributed by atoms with E-state index < -0.39 is 12.1 Å². The van der Waals surface area contributed by atoms with Gasteiger partial charge < -0.3 is 4.90 Å². The highest BCUT2D eigenvalue weighted by atomic mass is 19.4. The lowest BCUT2D eigenvalue weighted by Crippen LogP contribution is -2.64. The number of carbonyl (C=O) groups excluding carboxylic acids is 1. The van der Waals surface area contributed by atoms with Crippen LogP contribution in [0.25, 0.3) is 0 Å². The van der Waals surface area contributed by atoms with Crippen molar-refractivity contribution in [3.05, 3.63) is 30.1 Å². The molecular weight excluding hydrogens is 257 g/mol. The van der Waals surface area contributed by atoms with Crippen molar-refractivity contribution >= 4 is 5.91 Å². The first-order chi connectivity index (χ1) is 8.97. The minimum absolute atomic E-state index is 0.0264. The molecule has 0 spiro atoms. The summed E-state index contributed by atoms with van der Waals surface area (Å²) in [6, 6.07) is 4.44. The topological polar surface area (TPSA) is 33.2 Å². The quantitative estimate of drug-likeness (QED) is 0.786. The van der Waals surface area contributed by atoms with Gasteiger partial charge in [-0.25, -0.2) is 0 Å². The van der Waals surface area contributed by atoms with Crippen LogP contribution in [0, 0.1) is 5.92 Å². The average Bonchev–Trinajstić information content (AvgIpc) is 2.38. The molecule has 0 N–H and O–H groups in total. The highest BCUT2D eigenvalue weighted by Crippen LogP contribution is 2.47. The second-order valence-corrected chi connectivity index (χ2v) is 5.18. The molecule has 3 heterocycles. The fraction of sp³-hybridized carbons (Fsp3) is 0.538. The van der Waals surface area contributed by atoms with E-state index >= 15 is 0 Å². The SMILES string of the molecule is O=C(c1ccccn1)N1[C@@H]2CC(C(F)(F)F)C[C@H]1C2. The van der Waals surface area contributed by atoms with Crippen molar-refractivity contribution in [2.75, 3.05) is 0 Å². The van der Waals surface area contributed by atoms with Crippen molar-refractivity contribution < 1.29 is 18.0 Å². The van der Waals surface area contributed by atoms with Crippen molar-refractivity contribution in [3.8, 4) is 0 Å². The van der Waals surface area contributed by atoms with Crippen LogP contribution >= 0.6 is 0 Å². The summed E-state index contributed by atoms with van der Waals surface area (Å²) in [6.07, 6.45) is -1.89. The highest BCUT2D eigenvalue weighted by Gasteiger charge is 2.54. The molecule has 3 atom stereocenters. The molecule has 6 heteroatoms. The van der Waals surface area contributed by atoms with E-state index in [1.54, 1.807) is 23.1 Å². The molecule has 0 aromatic carbocycles. The van der Waals surface area contributed by atoms with Crippen LogP contribution < -0.4 is 0 Å². The molecule has 2 bridgehead atoms. The summed E-state index contributed by atoms with van der Waals surface area (Å²) in [5, 5.41) is 0. The summed E-state index contributed by atoms with van der Waals surface area (Å²) in [5.74, 6) is -1.51. The van der Waals surface area contributed by atoms with Gasteiger partial charge in [0, 0.05) is 18.3 Å². The van der Waals surface area contributed by atoms with Crippen LogP contribution in [0.15, 0.2) is 24.4 Å². The molecule has 0 radical (unpaired) electrons. The Morgan fingerprint density at radius 3 is 2.42 bits per heavy atom. The van der Waals surface area contributed by atoms with Crippen molar-refractivity contribution in [2.45, 2.75) is 37.5 Å². The Bertz CT molecular complexity index is 476. The molecule has 1 aromatic heterocycles. The molecule has 3 nitrogen and oxygen atoms in total. The maximum absolute atomic E-state index is 12.7. The number of fused-ring (bicyclic) bond motifs is 2. The second-order valence-electron chi connectivity index (χ2n) is 5.18. The Morgan fingerprint density at radius 1 is 1.21 bits per heavy atom. The molecule has 2 saturated heterocycles. The predicted molar refractivity (Wildman–Crippen MR) is 61.4 cm³/mol. The molecule has 2 fully saturated rings. The van der Waals surface area contributed by atoms with Gasteiger partial charge in [0.05, 0.1) is 5.92 Å². The van der Waals surface area contributed by atoms with E-state index in [2.05, 4.69) is 4.98 Å². The van der Waals surface area contributed by atoms with Crippen molar-refractivity contribution in [3.63, 3.8) is 0 Å². The summed E-state index contributed by atoms with van der Waals surface area (Å²) < 4.78 is 38.0. The van der Waals surface area contributed by atoms with Crippen LogP contribution in [-0.2, 0) is 0 Å². The van der Waals surface area contributed by atoms with Gasteiger partial charge in [0.25, 0.3) is 5.91 Å². The van der Waals surface area contributed by atoms with Crippen LogP contribution in [0.3, 0.4) is 0 Å². The fourth-order valence-electron chi connectivity index (χ4n) is 3.09. The van der Waals surface area contributed by atoms with E-state index in [-0.39, 0.29) is 30.8 Å². The van der Waals surface area contributed by atoms with Crippen LogP contribution in [0.5, 0.6) is 0 Å². The van der Waals surface area contributed by atoms with Gasteiger partial charge >= 0.3 is 6.18 Å². The van der Waals surface area contributed by atoms with Gasteiger partial charge in [0.1, 0.15) is 5.69 Å². The summed E-state index contributed by atoms with van der Waals surface area (Å²) in [4.78, 5) is 17.7. The zero-order chi connectivity index (χ0) is 13.6. The lowest BCUT2D eigenvalue weighted by Gasteiger charge is -2.55. The number of hydrogen-bond donors (Lipinski definition) is 0. The van der Waals surface area contributed by atoms with Crippen molar-refractivity contribution in [1.29, 1.82) is 0 Å². The monoisotopic (exact) mass is 270 g/mol. The third kappa shape index (κ3) is 2.09. The van der Waals surface area contributed by atoms with E-state index in [0.717, 1.165) is 0 Å².